The van der Waals surface area contributed by atoms with Crippen molar-refractivity contribution in [2.75, 3.05) is 53.0 Å². The number of tetrazole rings is 1. The van der Waals surface area contributed by atoms with Gasteiger partial charge in [0.25, 0.3) is 0 Å². The van der Waals surface area contributed by atoms with E-state index >= 15 is 0 Å². The predicted octanol–water partition coefficient (Wildman–Crippen LogP) is 2.05. The van der Waals surface area contributed by atoms with Gasteiger partial charge in [-0.2, -0.15) is 0 Å². The number of piperazine rings is 1. The lowest BCUT2D eigenvalue weighted by Crippen LogP contribution is -2.44. The number of ether oxygens (including phenoxy) is 3. The van der Waals surface area contributed by atoms with Crippen LogP contribution < -0.4 is 10.6 Å². The van der Waals surface area contributed by atoms with Crippen molar-refractivity contribution in [2.24, 2.45) is 0 Å². The second-order valence-corrected chi connectivity index (χ2v) is 10.0. The molecule has 0 amide bonds. The molecule has 0 aliphatic carbocycles. The Hall–Kier alpha value is -3.03. The summed E-state index contributed by atoms with van der Waals surface area (Å²) < 4.78 is 18.2. The van der Waals surface area contributed by atoms with Crippen LogP contribution in [0.25, 0.3) is 0 Å². The Kier molecular flexibility index (Phi) is 10.5. The van der Waals surface area contributed by atoms with Crippen molar-refractivity contribution >= 4 is 35.1 Å². The highest BCUT2D eigenvalue weighted by atomic mass is 35.5. The number of halogens is 2. The van der Waals surface area contributed by atoms with Gasteiger partial charge in [0.1, 0.15) is 6.61 Å². The van der Waals surface area contributed by atoms with Gasteiger partial charge in [0.05, 0.1) is 59.7 Å². The number of benzene rings is 1. The smallest absolute Gasteiger partial charge is 0.336 e. The van der Waals surface area contributed by atoms with E-state index < -0.39 is 17.9 Å². The molecule has 14 heteroatoms. The zero-order valence-electron chi connectivity index (χ0n) is 22.7. The molecule has 12 nitrogen and oxygen atoms in total. The van der Waals surface area contributed by atoms with Crippen LogP contribution >= 0.6 is 23.2 Å². The lowest BCUT2D eigenvalue weighted by molar-refractivity contribution is -0.139. The van der Waals surface area contributed by atoms with Gasteiger partial charge >= 0.3 is 11.9 Å². The van der Waals surface area contributed by atoms with Gasteiger partial charge in [0.15, 0.2) is 5.82 Å². The van der Waals surface area contributed by atoms with Crippen LogP contribution in [0.1, 0.15) is 31.2 Å². The highest BCUT2D eigenvalue weighted by molar-refractivity contribution is 6.42. The highest BCUT2D eigenvalue weighted by Gasteiger charge is 2.40. The molecule has 1 aromatic heterocycles. The summed E-state index contributed by atoms with van der Waals surface area (Å²) in [5, 5.41) is 19.0. The van der Waals surface area contributed by atoms with Crippen molar-refractivity contribution in [2.45, 2.75) is 32.9 Å². The molecular formula is C26H33Cl2N7O5. The number of nitrogens with zero attached hydrogens (tertiary/aromatic N) is 5. The van der Waals surface area contributed by atoms with Crippen LogP contribution in [0.15, 0.2) is 40.7 Å². The molecular weight excluding hydrogens is 561 g/mol. The first kappa shape index (κ1) is 29.9. The minimum Gasteiger partial charge on any atom is -0.466 e. The number of carbonyl (C=O) groups is 2. The number of hydrogen-bond acceptors (Lipinski definition) is 11. The van der Waals surface area contributed by atoms with Crippen molar-refractivity contribution in [3.05, 3.63) is 62.2 Å². The minimum absolute atomic E-state index is 0.0146. The zero-order chi connectivity index (χ0) is 28.6. The van der Waals surface area contributed by atoms with Gasteiger partial charge in [-0.05, 0) is 35.9 Å². The fraction of sp³-hybridized carbons (Fsp3) is 0.500. The maximum absolute atomic E-state index is 13.4. The zero-order valence-corrected chi connectivity index (χ0v) is 24.2. The molecule has 0 spiro atoms. The first-order valence-corrected chi connectivity index (χ1v) is 13.8. The number of esters is 2. The fourth-order valence-electron chi connectivity index (χ4n) is 4.81. The number of allylic oxidation sites excluding steroid dienone is 1. The van der Waals surface area contributed by atoms with Crippen molar-refractivity contribution in [1.82, 2.24) is 35.7 Å². The number of aromatic nitrogens is 4. The predicted molar refractivity (Wildman–Crippen MR) is 147 cm³/mol. The summed E-state index contributed by atoms with van der Waals surface area (Å²) in [7, 11) is 1.28. The lowest BCUT2D eigenvalue weighted by atomic mass is 9.80. The van der Waals surface area contributed by atoms with Gasteiger partial charge in [-0.25, -0.2) is 14.3 Å². The highest BCUT2D eigenvalue weighted by Crippen LogP contribution is 2.43. The molecule has 1 fully saturated rings. The second-order valence-electron chi connectivity index (χ2n) is 9.25. The van der Waals surface area contributed by atoms with Gasteiger partial charge in [-0.15, -0.1) is 5.10 Å². The summed E-state index contributed by atoms with van der Waals surface area (Å²) in [5.74, 6) is -1.58. The summed E-state index contributed by atoms with van der Waals surface area (Å²) in [4.78, 5) is 28.6. The van der Waals surface area contributed by atoms with Crippen LogP contribution in [0.3, 0.4) is 0 Å². The summed E-state index contributed by atoms with van der Waals surface area (Å²) in [6, 6.07) is 5.05. The molecule has 1 unspecified atom stereocenters. The van der Waals surface area contributed by atoms with E-state index in [0.717, 1.165) is 32.7 Å². The standard InChI is InChI=1S/C26H33Cl2N7O5/c1-4-40-26(37)23-19(14-39-15-20-31-32-33-35(20)13-12-34-10-8-29-9-11-34)30-16(2)21(25(36)38-3)22(23)17-6-5-7-18(27)24(17)28/h5-7,22,29-30H,4,8-15H2,1-3H3. The molecule has 4 rings (SSSR count). The summed E-state index contributed by atoms with van der Waals surface area (Å²) in [6.07, 6.45) is 0. The van der Waals surface area contributed by atoms with E-state index in [9.17, 15) is 9.59 Å². The number of methoxy groups -OCH3 is 1. The molecule has 1 saturated heterocycles. The molecule has 3 heterocycles. The Bertz CT molecular complexity index is 1290. The van der Waals surface area contributed by atoms with E-state index in [1.165, 1.54) is 7.11 Å². The molecule has 216 valence electrons. The van der Waals surface area contributed by atoms with Crippen LogP contribution in [0.5, 0.6) is 0 Å². The Balaban J connectivity index is 1.60. The quantitative estimate of drug-likeness (QED) is 0.371. The van der Waals surface area contributed by atoms with Crippen LogP contribution in [-0.2, 0) is 37.0 Å². The average molecular weight is 595 g/mol. The second kappa shape index (κ2) is 14.0. The summed E-state index contributed by atoms with van der Waals surface area (Å²) in [6.45, 7) is 8.96. The molecule has 0 bridgehead atoms. The van der Waals surface area contributed by atoms with Gasteiger partial charge in [0, 0.05) is 38.4 Å². The average Bonchev–Trinajstić information content (AvgIpc) is 3.40. The molecule has 40 heavy (non-hydrogen) atoms. The normalized spacial score (nSPS) is 18.1. The lowest BCUT2D eigenvalue weighted by Gasteiger charge is -2.31. The maximum atomic E-state index is 13.4. The molecule has 2 N–H and O–H groups in total. The van der Waals surface area contributed by atoms with E-state index in [4.69, 9.17) is 37.4 Å². The number of dihydropyridines is 1. The summed E-state index contributed by atoms with van der Waals surface area (Å²) in [5.41, 5.74) is 1.77. The molecule has 0 radical (unpaired) electrons. The Morgan fingerprint density at radius 1 is 1.10 bits per heavy atom. The van der Waals surface area contributed by atoms with Gasteiger partial charge in [0.2, 0.25) is 0 Å². The molecule has 2 aliphatic heterocycles. The fourth-order valence-corrected chi connectivity index (χ4v) is 5.23. The topological polar surface area (TPSA) is 133 Å². The van der Waals surface area contributed by atoms with Gasteiger partial charge < -0.3 is 24.8 Å². The monoisotopic (exact) mass is 593 g/mol. The third-order valence-electron chi connectivity index (χ3n) is 6.76. The number of hydrogen-bond donors (Lipinski definition) is 2. The molecule has 1 atom stereocenters. The Morgan fingerprint density at radius 2 is 1.88 bits per heavy atom. The first-order valence-electron chi connectivity index (χ1n) is 13.0. The van der Waals surface area contributed by atoms with Gasteiger partial charge in [-0.3, -0.25) is 4.90 Å². The third kappa shape index (κ3) is 6.81. The van der Waals surface area contributed by atoms with Crippen molar-refractivity contribution < 1.29 is 23.8 Å². The van der Waals surface area contributed by atoms with E-state index in [2.05, 4.69) is 31.1 Å². The van der Waals surface area contributed by atoms with Crippen molar-refractivity contribution in [3.63, 3.8) is 0 Å². The number of carbonyl (C=O) groups excluding carboxylic acids is 2. The molecule has 2 aromatic rings. The Morgan fingerprint density at radius 3 is 2.60 bits per heavy atom. The van der Waals surface area contributed by atoms with Crippen LogP contribution in [0.4, 0.5) is 0 Å². The first-order chi connectivity index (χ1) is 19.3. The molecule has 2 aliphatic rings. The van der Waals surface area contributed by atoms with E-state index in [1.807, 2.05) is 0 Å². The third-order valence-corrected chi connectivity index (χ3v) is 7.59. The van der Waals surface area contributed by atoms with Crippen LogP contribution in [0.2, 0.25) is 10.0 Å². The van der Waals surface area contributed by atoms with E-state index in [-0.39, 0.29) is 41.0 Å². The van der Waals surface area contributed by atoms with E-state index in [0.29, 0.717) is 29.3 Å². The van der Waals surface area contributed by atoms with Crippen LogP contribution in [0, 0.1) is 0 Å². The minimum atomic E-state index is -0.901. The molecule has 1 aromatic carbocycles. The number of nitrogens with one attached hydrogen (secondary N) is 2. The van der Waals surface area contributed by atoms with Crippen molar-refractivity contribution in [1.29, 1.82) is 0 Å². The van der Waals surface area contributed by atoms with Crippen molar-refractivity contribution in [3.8, 4) is 0 Å². The molecule has 0 saturated carbocycles. The Labute approximate surface area is 242 Å². The largest absolute Gasteiger partial charge is 0.466 e. The van der Waals surface area contributed by atoms with E-state index in [1.54, 1.807) is 36.7 Å². The van der Waals surface area contributed by atoms with Crippen LogP contribution in [-0.4, -0.2) is 90.1 Å². The summed E-state index contributed by atoms with van der Waals surface area (Å²) >= 11 is 12.9. The number of rotatable bonds is 11. The SMILES string of the molecule is CCOC(=O)C1=C(COCc2nnnn2CCN2CCNCC2)NC(C)=C(C(=O)OC)C1c1cccc(Cl)c1Cl. The maximum Gasteiger partial charge on any atom is 0.336 e. The van der Waals surface area contributed by atoms with Gasteiger partial charge in [-0.1, -0.05) is 35.3 Å².